The number of benzene rings is 2. The van der Waals surface area contributed by atoms with E-state index < -0.39 is 12.8 Å². The van der Waals surface area contributed by atoms with Crippen molar-refractivity contribution in [1.82, 2.24) is 0 Å². The standard InChI is InChI=1S/C18H19F3N2O2/c1-12-6-8-15(16(10-12)25-11-18(19,20)21)23-17(24)9-7-13-4-2-3-5-14(13)22/h2-6,8,10H,7,9,11,22H2,1H3,(H,23,24). The molecule has 1 amide bonds. The number of para-hydroxylation sites is 1. The zero-order valence-corrected chi connectivity index (χ0v) is 13.7. The van der Waals surface area contributed by atoms with Crippen LogP contribution in [0.25, 0.3) is 0 Å². The normalized spacial score (nSPS) is 11.2. The van der Waals surface area contributed by atoms with E-state index in [1.165, 1.54) is 12.1 Å². The van der Waals surface area contributed by atoms with Gasteiger partial charge in [0.05, 0.1) is 5.69 Å². The molecule has 0 atom stereocenters. The van der Waals surface area contributed by atoms with E-state index in [9.17, 15) is 18.0 Å². The molecule has 0 saturated carbocycles. The molecule has 7 heteroatoms. The quantitative estimate of drug-likeness (QED) is 0.770. The van der Waals surface area contributed by atoms with Gasteiger partial charge in [-0.15, -0.1) is 0 Å². The van der Waals surface area contributed by atoms with E-state index in [0.29, 0.717) is 12.1 Å². The summed E-state index contributed by atoms with van der Waals surface area (Å²) in [6.07, 6.45) is -3.86. The van der Waals surface area contributed by atoms with Crippen molar-refractivity contribution >= 4 is 17.3 Å². The Bertz CT molecular complexity index is 745. The van der Waals surface area contributed by atoms with Crippen LogP contribution in [0.15, 0.2) is 42.5 Å². The maximum absolute atomic E-state index is 12.4. The van der Waals surface area contributed by atoms with Gasteiger partial charge in [-0.3, -0.25) is 4.79 Å². The average molecular weight is 352 g/mol. The van der Waals surface area contributed by atoms with Crippen LogP contribution in [0.4, 0.5) is 24.5 Å². The minimum Gasteiger partial charge on any atom is -0.482 e. The second-order valence-corrected chi connectivity index (χ2v) is 5.65. The molecule has 134 valence electrons. The first-order valence-electron chi connectivity index (χ1n) is 7.68. The van der Waals surface area contributed by atoms with E-state index in [1.807, 2.05) is 12.1 Å². The number of nitrogens with one attached hydrogen (secondary N) is 1. The number of alkyl halides is 3. The van der Waals surface area contributed by atoms with E-state index in [4.69, 9.17) is 10.5 Å². The van der Waals surface area contributed by atoms with Crippen LogP contribution in [0, 0.1) is 6.92 Å². The first kappa shape index (κ1) is 18.6. The third-order valence-electron chi connectivity index (χ3n) is 3.48. The molecule has 0 spiro atoms. The van der Waals surface area contributed by atoms with Crippen molar-refractivity contribution in [3.05, 3.63) is 53.6 Å². The lowest BCUT2D eigenvalue weighted by atomic mass is 10.1. The van der Waals surface area contributed by atoms with Crippen molar-refractivity contribution in [2.24, 2.45) is 0 Å². The number of aryl methyl sites for hydroxylation is 2. The van der Waals surface area contributed by atoms with E-state index in [-0.39, 0.29) is 23.8 Å². The highest BCUT2D eigenvalue weighted by molar-refractivity contribution is 5.92. The van der Waals surface area contributed by atoms with E-state index in [0.717, 1.165) is 11.1 Å². The lowest BCUT2D eigenvalue weighted by molar-refractivity contribution is -0.153. The number of carbonyl (C=O) groups is 1. The third-order valence-corrected chi connectivity index (χ3v) is 3.48. The minimum atomic E-state index is -4.45. The summed E-state index contributed by atoms with van der Waals surface area (Å²) in [5, 5.41) is 2.59. The number of amides is 1. The Balaban J connectivity index is 2.01. The highest BCUT2D eigenvalue weighted by Crippen LogP contribution is 2.28. The first-order valence-corrected chi connectivity index (χ1v) is 7.68. The van der Waals surface area contributed by atoms with Gasteiger partial charge in [-0.05, 0) is 42.7 Å². The molecule has 0 bridgehead atoms. The summed E-state index contributed by atoms with van der Waals surface area (Å²) in [6, 6.07) is 11.9. The van der Waals surface area contributed by atoms with Gasteiger partial charge >= 0.3 is 6.18 Å². The fourth-order valence-electron chi connectivity index (χ4n) is 2.23. The SMILES string of the molecule is Cc1ccc(NC(=O)CCc2ccccc2N)c(OCC(F)(F)F)c1. The number of hydrogen-bond acceptors (Lipinski definition) is 3. The zero-order valence-electron chi connectivity index (χ0n) is 13.7. The molecule has 3 N–H and O–H groups in total. The largest absolute Gasteiger partial charge is 0.482 e. The van der Waals surface area contributed by atoms with Crippen molar-refractivity contribution in [1.29, 1.82) is 0 Å². The molecule has 0 unspecified atom stereocenters. The summed E-state index contributed by atoms with van der Waals surface area (Å²) >= 11 is 0. The van der Waals surface area contributed by atoms with Crippen LogP contribution in [0.3, 0.4) is 0 Å². The fourth-order valence-corrected chi connectivity index (χ4v) is 2.23. The molecule has 0 fully saturated rings. The molecule has 2 aromatic rings. The van der Waals surface area contributed by atoms with E-state index in [1.54, 1.807) is 25.1 Å². The second-order valence-electron chi connectivity index (χ2n) is 5.65. The molecule has 0 aliphatic heterocycles. The molecule has 25 heavy (non-hydrogen) atoms. The number of halogens is 3. The van der Waals surface area contributed by atoms with Crippen LogP contribution in [-0.4, -0.2) is 18.7 Å². The predicted molar refractivity (Wildman–Crippen MR) is 90.5 cm³/mol. The Hall–Kier alpha value is -2.70. The Morgan fingerprint density at radius 3 is 2.60 bits per heavy atom. The summed E-state index contributed by atoms with van der Waals surface area (Å²) in [4.78, 5) is 12.1. The van der Waals surface area contributed by atoms with Gasteiger partial charge in [-0.1, -0.05) is 24.3 Å². The van der Waals surface area contributed by atoms with Gasteiger partial charge in [0.25, 0.3) is 0 Å². The highest BCUT2D eigenvalue weighted by atomic mass is 19.4. The summed E-state index contributed by atoms with van der Waals surface area (Å²) in [5.41, 5.74) is 8.20. The van der Waals surface area contributed by atoms with E-state index >= 15 is 0 Å². The summed E-state index contributed by atoms with van der Waals surface area (Å²) in [6.45, 7) is 0.310. The van der Waals surface area contributed by atoms with Gasteiger partial charge in [-0.2, -0.15) is 13.2 Å². The Morgan fingerprint density at radius 2 is 1.92 bits per heavy atom. The van der Waals surface area contributed by atoms with Crippen LogP contribution in [0.5, 0.6) is 5.75 Å². The zero-order chi connectivity index (χ0) is 18.4. The molecule has 0 saturated heterocycles. The number of hydrogen-bond donors (Lipinski definition) is 2. The Labute approximate surface area is 143 Å². The first-order chi connectivity index (χ1) is 11.7. The van der Waals surface area contributed by atoms with Gasteiger partial charge in [0.2, 0.25) is 5.91 Å². The Kier molecular flexibility index (Phi) is 5.90. The van der Waals surface area contributed by atoms with Crippen LogP contribution < -0.4 is 15.8 Å². The van der Waals surface area contributed by atoms with Gasteiger partial charge in [0.1, 0.15) is 5.75 Å². The summed E-state index contributed by atoms with van der Waals surface area (Å²) < 4.78 is 41.9. The van der Waals surface area contributed by atoms with Gasteiger partial charge in [0.15, 0.2) is 6.61 Å². The predicted octanol–water partition coefficient (Wildman–Crippen LogP) is 4.09. The van der Waals surface area contributed by atoms with Crippen LogP contribution in [0.2, 0.25) is 0 Å². The molecule has 0 heterocycles. The highest BCUT2D eigenvalue weighted by Gasteiger charge is 2.29. The summed E-state index contributed by atoms with van der Waals surface area (Å²) in [7, 11) is 0. The number of nitrogen functional groups attached to an aromatic ring is 1. The number of ether oxygens (including phenoxy) is 1. The van der Waals surface area contributed by atoms with E-state index in [2.05, 4.69) is 5.32 Å². The maximum atomic E-state index is 12.4. The number of rotatable bonds is 6. The van der Waals surface area contributed by atoms with Crippen LogP contribution in [0.1, 0.15) is 17.5 Å². The van der Waals surface area contributed by atoms with Gasteiger partial charge < -0.3 is 15.8 Å². The van der Waals surface area contributed by atoms with Gasteiger partial charge in [0, 0.05) is 12.1 Å². The molecular formula is C18H19F3N2O2. The van der Waals surface area contributed by atoms with Crippen molar-refractivity contribution < 1.29 is 22.7 Å². The van der Waals surface area contributed by atoms with Crippen molar-refractivity contribution in [2.75, 3.05) is 17.7 Å². The molecule has 0 radical (unpaired) electrons. The second kappa shape index (κ2) is 7.92. The molecule has 0 aliphatic rings. The number of nitrogens with two attached hydrogens (primary N) is 1. The molecular weight excluding hydrogens is 333 g/mol. The van der Waals surface area contributed by atoms with Crippen LogP contribution >= 0.6 is 0 Å². The van der Waals surface area contributed by atoms with Crippen molar-refractivity contribution in [3.8, 4) is 5.75 Å². The monoisotopic (exact) mass is 352 g/mol. The molecule has 0 aromatic heterocycles. The van der Waals surface area contributed by atoms with Crippen molar-refractivity contribution in [2.45, 2.75) is 25.9 Å². The average Bonchev–Trinajstić information content (AvgIpc) is 2.53. The molecule has 2 aromatic carbocycles. The summed E-state index contributed by atoms with van der Waals surface area (Å²) in [5.74, 6) is -0.339. The van der Waals surface area contributed by atoms with Crippen molar-refractivity contribution in [3.63, 3.8) is 0 Å². The Morgan fingerprint density at radius 1 is 1.20 bits per heavy atom. The maximum Gasteiger partial charge on any atom is 0.422 e. The molecule has 2 rings (SSSR count). The van der Waals surface area contributed by atoms with Gasteiger partial charge in [-0.25, -0.2) is 0 Å². The van der Waals surface area contributed by atoms with Crippen LogP contribution in [-0.2, 0) is 11.2 Å². The third kappa shape index (κ3) is 6.02. The lowest BCUT2D eigenvalue weighted by Gasteiger charge is -2.15. The molecule has 0 aliphatic carbocycles. The lowest BCUT2D eigenvalue weighted by Crippen LogP contribution is -2.20. The molecule has 4 nitrogen and oxygen atoms in total. The smallest absolute Gasteiger partial charge is 0.422 e. The minimum absolute atomic E-state index is 0.00935. The number of carbonyl (C=O) groups excluding carboxylic acids is 1. The fraction of sp³-hybridized carbons (Fsp3) is 0.278. The topological polar surface area (TPSA) is 64.4 Å². The number of anilines is 2.